The molecule has 1 aliphatic heterocycles. The van der Waals surface area contributed by atoms with E-state index in [2.05, 4.69) is 30.3 Å². The highest BCUT2D eigenvalue weighted by Crippen LogP contribution is 2.33. The summed E-state index contributed by atoms with van der Waals surface area (Å²) < 4.78 is 7.08. The molecule has 12 nitrogen and oxygen atoms in total. The van der Waals surface area contributed by atoms with Crippen LogP contribution < -0.4 is 5.32 Å². The number of anilines is 1. The number of nitrogens with zero attached hydrogens (tertiary/aromatic N) is 7. The highest BCUT2D eigenvalue weighted by Gasteiger charge is 2.44. The number of aliphatic hydroxyl groups excluding tert-OH is 2. The molecule has 0 radical (unpaired) electrons. The van der Waals surface area contributed by atoms with Crippen molar-refractivity contribution < 1.29 is 19.7 Å². The highest BCUT2D eigenvalue weighted by molar-refractivity contribution is 6.06. The lowest BCUT2D eigenvalue weighted by atomic mass is 10.1. The van der Waals surface area contributed by atoms with Gasteiger partial charge in [0, 0.05) is 10.5 Å². The second-order valence-electron chi connectivity index (χ2n) is 6.30. The number of aliphatic hydroxyl groups is 2. The van der Waals surface area contributed by atoms with Crippen molar-refractivity contribution in [3.05, 3.63) is 59.0 Å². The van der Waals surface area contributed by atoms with Gasteiger partial charge in [0.05, 0.1) is 25.1 Å². The first-order valence-corrected chi connectivity index (χ1v) is 8.66. The third-order valence-corrected chi connectivity index (χ3v) is 4.60. The van der Waals surface area contributed by atoms with Gasteiger partial charge in [-0.25, -0.2) is 15.0 Å². The van der Waals surface area contributed by atoms with Crippen LogP contribution in [-0.2, 0) is 4.74 Å². The van der Waals surface area contributed by atoms with Crippen LogP contribution in [0.1, 0.15) is 16.6 Å². The van der Waals surface area contributed by atoms with Crippen molar-refractivity contribution in [2.75, 3.05) is 11.9 Å². The fraction of sp³-hybridized carbons (Fsp3) is 0.294. The Morgan fingerprint density at radius 2 is 2.10 bits per heavy atom. The Kier molecular flexibility index (Phi) is 5.06. The van der Waals surface area contributed by atoms with Crippen LogP contribution >= 0.6 is 0 Å². The number of nitrogens with one attached hydrogen (secondary N) is 1. The largest absolute Gasteiger partial charge is 0.394 e. The molecule has 0 saturated carbocycles. The van der Waals surface area contributed by atoms with Gasteiger partial charge in [-0.05, 0) is 17.7 Å². The van der Waals surface area contributed by atoms with Crippen molar-refractivity contribution in [1.82, 2.24) is 19.5 Å². The van der Waals surface area contributed by atoms with E-state index >= 15 is 0 Å². The van der Waals surface area contributed by atoms with E-state index in [4.69, 9.17) is 10.3 Å². The van der Waals surface area contributed by atoms with Crippen molar-refractivity contribution >= 4 is 22.9 Å². The Morgan fingerprint density at radius 1 is 1.31 bits per heavy atom. The first-order valence-electron chi connectivity index (χ1n) is 8.66. The molecule has 2 aromatic heterocycles. The molecule has 0 aliphatic carbocycles. The lowest BCUT2D eigenvalue weighted by Gasteiger charge is -2.16. The second-order valence-corrected chi connectivity index (χ2v) is 6.30. The zero-order valence-electron chi connectivity index (χ0n) is 14.9. The van der Waals surface area contributed by atoms with E-state index in [0.717, 1.165) is 0 Å². The van der Waals surface area contributed by atoms with Gasteiger partial charge in [0.15, 0.2) is 23.2 Å². The molecule has 1 aromatic carbocycles. The smallest absolute Gasteiger partial charge is 0.256 e. The van der Waals surface area contributed by atoms with Crippen molar-refractivity contribution in [3.63, 3.8) is 0 Å². The van der Waals surface area contributed by atoms with Crippen molar-refractivity contribution in [2.24, 2.45) is 5.11 Å². The predicted octanol–water partition coefficient (Wildman–Crippen LogP) is 1.01. The number of amides is 1. The zero-order chi connectivity index (χ0) is 20.4. The van der Waals surface area contributed by atoms with Gasteiger partial charge in [0.25, 0.3) is 5.91 Å². The normalized spacial score (nSPS) is 23.7. The fourth-order valence-electron chi connectivity index (χ4n) is 3.21. The van der Waals surface area contributed by atoms with Gasteiger partial charge in [0.1, 0.15) is 12.4 Å². The van der Waals surface area contributed by atoms with Gasteiger partial charge in [-0.2, -0.15) is 0 Å². The van der Waals surface area contributed by atoms with E-state index in [0.29, 0.717) is 16.7 Å². The zero-order valence-corrected chi connectivity index (χ0v) is 14.9. The van der Waals surface area contributed by atoms with E-state index in [9.17, 15) is 15.0 Å². The number of carbonyl (C=O) groups is 1. The van der Waals surface area contributed by atoms with Crippen LogP contribution in [0.25, 0.3) is 21.6 Å². The van der Waals surface area contributed by atoms with Crippen LogP contribution in [0.15, 0.2) is 48.1 Å². The summed E-state index contributed by atoms with van der Waals surface area (Å²) in [4.78, 5) is 27.6. The maximum Gasteiger partial charge on any atom is 0.256 e. The van der Waals surface area contributed by atoms with Crippen LogP contribution in [0.4, 0.5) is 5.82 Å². The minimum atomic E-state index is -1.22. The number of azide groups is 1. The molecular formula is C17H16N8O4. The molecule has 1 fully saturated rings. The summed E-state index contributed by atoms with van der Waals surface area (Å²) >= 11 is 0. The number of rotatable bonds is 5. The number of hydrogen-bond donors (Lipinski definition) is 3. The quantitative estimate of drug-likeness (QED) is 0.328. The molecule has 0 bridgehead atoms. The summed E-state index contributed by atoms with van der Waals surface area (Å²) in [6, 6.07) is 7.66. The number of fused-ring (bicyclic) bond motifs is 1. The van der Waals surface area contributed by atoms with Gasteiger partial charge in [-0.3, -0.25) is 9.36 Å². The lowest BCUT2D eigenvalue weighted by molar-refractivity contribution is -0.0488. The van der Waals surface area contributed by atoms with Gasteiger partial charge in [-0.1, -0.05) is 23.3 Å². The third kappa shape index (κ3) is 3.37. The van der Waals surface area contributed by atoms with Gasteiger partial charge in [0.2, 0.25) is 0 Å². The summed E-state index contributed by atoms with van der Waals surface area (Å²) in [5.74, 6) is -0.165. The molecule has 1 amide bonds. The SMILES string of the molecule is [N-]=[N+]=NC1C(CO)OC(n2cnc3c(NC(=O)c4ccccc4)ncnc32)C1O. The molecule has 1 saturated heterocycles. The number of benzene rings is 1. The molecular weight excluding hydrogens is 380 g/mol. The van der Waals surface area contributed by atoms with Crippen molar-refractivity contribution in [2.45, 2.75) is 24.5 Å². The Hall–Kier alpha value is -3.57. The number of imidazole rings is 1. The molecule has 4 rings (SSSR count). The number of aromatic nitrogens is 4. The van der Waals surface area contributed by atoms with E-state index in [1.807, 2.05) is 0 Å². The van der Waals surface area contributed by atoms with E-state index in [-0.39, 0.29) is 11.7 Å². The number of carbonyl (C=O) groups excluding carboxylic acids is 1. The van der Waals surface area contributed by atoms with Gasteiger partial charge < -0.3 is 20.3 Å². The molecule has 3 N–H and O–H groups in total. The van der Waals surface area contributed by atoms with E-state index in [1.165, 1.54) is 17.2 Å². The molecule has 29 heavy (non-hydrogen) atoms. The highest BCUT2D eigenvalue weighted by atomic mass is 16.5. The number of hydrogen-bond acceptors (Lipinski definition) is 8. The topological polar surface area (TPSA) is 171 Å². The standard InChI is InChI=1S/C17H16N8O4/c18-24-23-11-10(6-26)29-17(13(11)27)25-8-21-12-14(19-7-20-15(12)25)22-16(28)9-4-2-1-3-5-9/h1-5,7-8,10-11,13,17,26-27H,6H2,(H,19,20,22,28). The molecule has 3 heterocycles. The molecule has 12 heteroatoms. The van der Waals surface area contributed by atoms with Crippen LogP contribution in [0, 0.1) is 0 Å². The molecule has 148 valence electrons. The van der Waals surface area contributed by atoms with Crippen molar-refractivity contribution in [1.29, 1.82) is 0 Å². The maximum absolute atomic E-state index is 12.4. The summed E-state index contributed by atoms with van der Waals surface area (Å²) in [6.45, 7) is -0.433. The van der Waals surface area contributed by atoms with Crippen molar-refractivity contribution in [3.8, 4) is 0 Å². The predicted molar refractivity (Wildman–Crippen MR) is 99.7 cm³/mol. The Labute approximate surface area is 163 Å². The van der Waals surface area contributed by atoms with Crippen LogP contribution in [0.2, 0.25) is 0 Å². The summed E-state index contributed by atoms with van der Waals surface area (Å²) in [5, 5.41) is 26.2. The van der Waals surface area contributed by atoms with Gasteiger partial charge >= 0.3 is 0 Å². The number of ether oxygens (including phenoxy) is 1. The lowest BCUT2D eigenvalue weighted by Crippen LogP contribution is -2.31. The molecule has 4 atom stereocenters. The van der Waals surface area contributed by atoms with Crippen LogP contribution in [-0.4, -0.2) is 60.5 Å². The monoisotopic (exact) mass is 396 g/mol. The fourth-order valence-corrected chi connectivity index (χ4v) is 3.21. The van der Waals surface area contributed by atoms with E-state index < -0.39 is 31.1 Å². The second kappa shape index (κ2) is 7.81. The molecule has 3 aromatic rings. The first kappa shape index (κ1) is 18.8. The minimum Gasteiger partial charge on any atom is -0.394 e. The van der Waals surface area contributed by atoms with E-state index in [1.54, 1.807) is 30.3 Å². The van der Waals surface area contributed by atoms with Gasteiger partial charge in [-0.15, -0.1) is 0 Å². The molecule has 1 aliphatic rings. The summed E-state index contributed by atoms with van der Waals surface area (Å²) in [7, 11) is 0. The van der Waals surface area contributed by atoms with Crippen LogP contribution in [0.3, 0.4) is 0 Å². The third-order valence-electron chi connectivity index (χ3n) is 4.60. The average Bonchev–Trinajstić information content (AvgIpc) is 3.31. The Morgan fingerprint density at radius 3 is 2.83 bits per heavy atom. The molecule has 0 spiro atoms. The maximum atomic E-state index is 12.4. The molecule has 4 unspecified atom stereocenters. The Balaban J connectivity index is 1.66. The first-order chi connectivity index (χ1) is 14.1. The summed E-state index contributed by atoms with van der Waals surface area (Å²) in [5.41, 5.74) is 9.73. The minimum absolute atomic E-state index is 0.195. The average molecular weight is 396 g/mol. The Bertz CT molecular complexity index is 1080. The summed E-state index contributed by atoms with van der Waals surface area (Å²) in [6.07, 6.45) is -0.463. The van der Waals surface area contributed by atoms with Crippen LogP contribution in [0.5, 0.6) is 0 Å².